The van der Waals surface area contributed by atoms with Crippen LogP contribution in [0, 0.1) is 0 Å². The number of anilines is 1. The highest BCUT2D eigenvalue weighted by Gasteiger charge is 2.29. The number of pyridine rings is 1. The van der Waals surface area contributed by atoms with Crippen LogP contribution in [0.1, 0.15) is 17.0 Å². The highest BCUT2D eigenvalue weighted by atomic mass is 16.5. The van der Waals surface area contributed by atoms with E-state index < -0.39 is 6.09 Å². The molecule has 29 heavy (non-hydrogen) atoms. The summed E-state index contributed by atoms with van der Waals surface area (Å²) in [6.07, 6.45) is 2.66. The number of hydrogen-bond donors (Lipinski definition) is 2. The lowest BCUT2D eigenvalue weighted by molar-refractivity contribution is 0.158. The van der Waals surface area contributed by atoms with Gasteiger partial charge in [-0.1, -0.05) is 54.6 Å². The Balaban J connectivity index is 1.38. The van der Waals surface area contributed by atoms with E-state index in [-0.39, 0.29) is 18.3 Å². The van der Waals surface area contributed by atoms with Crippen molar-refractivity contribution in [1.82, 2.24) is 4.98 Å². The number of amides is 1. The van der Waals surface area contributed by atoms with Crippen LogP contribution in [0.15, 0.2) is 79.1 Å². The molecular weight excluding hydrogens is 364 g/mol. The molecule has 5 heteroatoms. The Hall–Kier alpha value is -3.86. The number of phenolic OH excluding ortho intramolecular Hbond substituents is 1. The van der Waals surface area contributed by atoms with Gasteiger partial charge in [-0.3, -0.25) is 10.3 Å². The van der Waals surface area contributed by atoms with E-state index in [0.29, 0.717) is 11.1 Å². The Kier molecular flexibility index (Phi) is 4.13. The maximum Gasteiger partial charge on any atom is 0.411 e. The molecule has 4 aromatic rings. The van der Waals surface area contributed by atoms with Gasteiger partial charge in [-0.15, -0.1) is 0 Å². The molecule has 5 rings (SSSR count). The molecule has 1 aromatic heterocycles. The van der Waals surface area contributed by atoms with Gasteiger partial charge in [0.2, 0.25) is 0 Å². The van der Waals surface area contributed by atoms with Crippen molar-refractivity contribution in [2.45, 2.75) is 5.92 Å². The molecule has 0 bridgehead atoms. The lowest BCUT2D eigenvalue weighted by atomic mass is 9.98. The monoisotopic (exact) mass is 382 g/mol. The van der Waals surface area contributed by atoms with E-state index in [9.17, 15) is 9.90 Å². The van der Waals surface area contributed by atoms with Gasteiger partial charge in [0.05, 0.1) is 5.69 Å². The lowest BCUT2D eigenvalue weighted by Gasteiger charge is -2.15. The molecule has 3 aromatic carbocycles. The summed E-state index contributed by atoms with van der Waals surface area (Å²) in [5, 5.41) is 14.4. The molecule has 0 spiro atoms. The summed E-state index contributed by atoms with van der Waals surface area (Å²) >= 11 is 0. The maximum atomic E-state index is 12.5. The summed E-state index contributed by atoms with van der Waals surface area (Å²) in [5.74, 6) is -0.0464. The number of carbonyl (C=O) groups excluding carboxylic acids is 1. The molecule has 142 valence electrons. The molecule has 0 saturated heterocycles. The molecule has 0 unspecified atom stereocenters. The van der Waals surface area contributed by atoms with E-state index in [1.165, 1.54) is 11.1 Å². The number of hydrogen-bond acceptors (Lipinski definition) is 4. The highest BCUT2D eigenvalue weighted by Crippen LogP contribution is 2.44. The number of ether oxygens (including phenoxy) is 1. The molecule has 1 aliphatic rings. The van der Waals surface area contributed by atoms with Crippen LogP contribution >= 0.6 is 0 Å². The van der Waals surface area contributed by atoms with Crippen LogP contribution in [0.4, 0.5) is 10.5 Å². The van der Waals surface area contributed by atoms with Gasteiger partial charge < -0.3 is 9.84 Å². The SMILES string of the molecule is O=C(Nc1c(O)ccc2ccncc12)OCC1c2ccccc2-c2ccccc21. The predicted molar refractivity (Wildman–Crippen MR) is 112 cm³/mol. The van der Waals surface area contributed by atoms with Crippen LogP contribution in [0.25, 0.3) is 21.9 Å². The first-order chi connectivity index (χ1) is 14.2. The Labute approximate surface area is 167 Å². The molecule has 0 fully saturated rings. The second-order valence-corrected chi connectivity index (χ2v) is 7.01. The van der Waals surface area contributed by atoms with Crippen LogP contribution in [-0.4, -0.2) is 22.8 Å². The fraction of sp³-hybridized carbons (Fsp3) is 0.0833. The molecule has 0 saturated carbocycles. The third kappa shape index (κ3) is 2.97. The van der Waals surface area contributed by atoms with E-state index in [4.69, 9.17) is 4.74 Å². The van der Waals surface area contributed by atoms with Gasteiger partial charge in [-0.25, -0.2) is 4.79 Å². The van der Waals surface area contributed by atoms with Gasteiger partial charge in [-0.05, 0) is 39.8 Å². The summed E-state index contributed by atoms with van der Waals surface area (Å²) in [5.41, 5.74) is 4.95. The first-order valence-electron chi connectivity index (χ1n) is 9.40. The number of nitrogens with zero attached hydrogens (tertiary/aromatic N) is 1. The Morgan fingerprint density at radius 3 is 2.38 bits per heavy atom. The van der Waals surface area contributed by atoms with Crippen LogP contribution in [0.5, 0.6) is 5.75 Å². The largest absolute Gasteiger partial charge is 0.506 e. The van der Waals surface area contributed by atoms with Crippen molar-refractivity contribution >= 4 is 22.6 Å². The van der Waals surface area contributed by atoms with Crippen LogP contribution in [0.2, 0.25) is 0 Å². The number of nitrogens with one attached hydrogen (secondary N) is 1. The Morgan fingerprint density at radius 2 is 1.66 bits per heavy atom. The van der Waals surface area contributed by atoms with Crippen molar-refractivity contribution in [3.05, 3.63) is 90.3 Å². The molecule has 1 heterocycles. The van der Waals surface area contributed by atoms with Gasteiger partial charge in [0, 0.05) is 23.7 Å². The highest BCUT2D eigenvalue weighted by molar-refractivity contribution is 6.02. The van der Waals surface area contributed by atoms with E-state index in [1.807, 2.05) is 30.3 Å². The fourth-order valence-electron chi connectivity index (χ4n) is 4.02. The first kappa shape index (κ1) is 17.3. The van der Waals surface area contributed by atoms with Crippen LogP contribution in [0.3, 0.4) is 0 Å². The maximum absolute atomic E-state index is 12.5. The van der Waals surface area contributed by atoms with Crippen LogP contribution in [-0.2, 0) is 4.74 Å². The summed E-state index contributed by atoms with van der Waals surface area (Å²) < 4.78 is 5.57. The van der Waals surface area contributed by atoms with Crippen molar-refractivity contribution in [3.8, 4) is 16.9 Å². The van der Waals surface area contributed by atoms with Crippen molar-refractivity contribution in [3.63, 3.8) is 0 Å². The van der Waals surface area contributed by atoms with Gasteiger partial charge in [0.15, 0.2) is 0 Å². The molecule has 0 atom stereocenters. The fourth-order valence-corrected chi connectivity index (χ4v) is 4.02. The number of aromatic hydroxyl groups is 1. The normalized spacial score (nSPS) is 12.4. The third-order valence-electron chi connectivity index (χ3n) is 5.37. The van der Waals surface area contributed by atoms with E-state index in [0.717, 1.165) is 16.5 Å². The average Bonchev–Trinajstić information content (AvgIpc) is 3.08. The van der Waals surface area contributed by atoms with Gasteiger partial charge in [-0.2, -0.15) is 0 Å². The number of benzene rings is 3. The quantitative estimate of drug-likeness (QED) is 0.472. The number of carbonyl (C=O) groups is 1. The molecule has 5 nitrogen and oxygen atoms in total. The molecule has 1 amide bonds. The molecule has 0 radical (unpaired) electrons. The summed E-state index contributed by atoms with van der Waals surface area (Å²) in [6.45, 7) is 0.212. The molecular formula is C24H18N2O3. The van der Waals surface area contributed by atoms with Crippen molar-refractivity contribution in [2.24, 2.45) is 0 Å². The number of rotatable bonds is 3. The zero-order valence-electron chi connectivity index (χ0n) is 15.5. The number of fused-ring (bicyclic) bond motifs is 4. The minimum Gasteiger partial charge on any atom is -0.506 e. The number of phenols is 1. The average molecular weight is 382 g/mol. The molecule has 1 aliphatic carbocycles. The van der Waals surface area contributed by atoms with Gasteiger partial charge in [0.25, 0.3) is 0 Å². The predicted octanol–water partition coefficient (Wildman–Crippen LogP) is 5.30. The van der Waals surface area contributed by atoms with Crippen LogP contribution < -0.4 is 5.32 Å². The third-order valence-corrected chi connectivity index (χ3v) is 5.37. The summed E-state index contributed by atoms with van der Waals surface area (Å²) in [7, 11) is 0. The lowest BCUT2D eigenvalue weighted by Crippen LogP contribution is -2.18. The summed E-state index contributed by atoms with van der Waals surface area (Å²) in [4.78, 5) is 16.6. The van der Waals surface area contributed by atoms with Gasteiger partial charge in [0.1, 0.15) is 12.4 Å². The minimum atomic E-state index is -0.612. The minimum absolute atomic E-state index is 0.0177. The Morgan fingerprint density at radius 1 is 0.966 bits per heavy atom. The first-order valence-corrected chi connectivity index (χ1v) is 9.40. The summed E-state index contributed by atoms with van der Waals surface area (Å²) in [6, 6.07) is 21.5. The van der Waals surface area contributed by atoms with Crippen molar-refractivity contribution in [2.75, 3.05) is 11.9 Å². The molecule has 0 aliphatic heterocycles. The van der Waals surface area contributed by atoms with Gasteiger partial charge >= 0.3 is 6.09 Å². The van der Waals surface area contributed by atoms with E-state index in [2.05, 4.69) is 34.6 Å². The Bertz CT molecular complexity index is 1190. The zero-order chi connectivity index (χ0) is 19.8. The van der Waals surface area contributed by atoms with Crippen molar-refractivity contribution in [1.29, 1.82) is 0 Å². The van der Waals surface area contributed by atoms with E-state index >= 15 is 0 Å². The molecule has 2 N–H and O–H groups in total. The number of aromatic nitrogens is 1. The zero-order valence-corrected chi connectivity index (χ0v) is 15.5. The topological polar surface area (TPSA) is 71.5 Å². The van der Waals surface area contributed by atoms with E-state index in [1.54, 1.807) is 24.5 Å². The standard InChI is InChI=1S/C24H18N2O3/c27-22-10-9-15-11-12-25-13-20(15)23(22)26-24(28)29-14-21-18-7-3-1-5-16(18)17-6-2-4-8-19(17)21/h1-13,21,27H,14H2,(H,26,28). The van der Waals surface area contributed by atoms with Crippen molar-refractivity contribution < 1.29 is 14.6 Å². The second kappa shape index (κ2) is 6.95. The smallest absolute Gasteiger partial charge is 0.411 e. The second-order valence-electron chi connectivity index (χ2n) is 7.01.